The maximum Gasteiger partial charge on any atom is 0.417 e. The zero-order valence-corrected chi connectivity index (χ0v) is 14.6. The van der Waals surface area contributed by atoms with E-state index in [0.717, 1.165) is 12.1 Å². The third-order valence-electron chi connectivity index (χ3n) is 4.52. The van der Waals surface area contributed by atoms with Gasteiger partial charge in [-0.25, -0.2) is 4.98 Å². The number of aromatic nitrogens is 1. The van der Waals surface area contributed by atoms with Crippen molar-refractivity contribution >= 4 is 11.9 Å². The number of halogens is 3. The van der Waals surface area contributed by atoms with Crippen molar-refractivity contribution < 1.29 is 32.6 Å². The summed E-state index contributed by atoms with van der Waals surface area (Å²) in [4.78, 5) is 26.8. The molecule has 2 aromatic rings. The Kier molecular flexibility index (Phi) is 5.53. The van der Waals surface area contributed by atoms with Gasteiger partial charge in [0.1, 0.15) is 5.75 Å². The highest BCUT2D eigenvalue weighted by molar-refractivity contribution is 5.94. The van der Waals surface area contributed by atoms with Crippen molar-refractivity contribution in [2.24, 2.45) is 5.92 Å². The van der Waals surface area contributed by atoms with Gasteiger partial charge in [0.25, 0.3) is 5.91 Å². The fraction of sp³-hybridized carbons (Fsp3) is 0.316. The number of carbonyl (C=O) groups excluding carboxylic acids is 1. The van der Waals surface area contributed by atoms with Crippen LogP contribution in [0.15, 0.2) is 42.6 Å². The van der Waals surface area contributed by atoms with Gasteiger partial charge in [0, 0.05) is 23.9 Å². The van der Waals surface area contributed by atoms with Crippen molar-refractivity contribution in [1.82, 2.24) is 10.3 Å². The number of pyridine rings is 1. The van der Waals surface area contributed by atoms with E-state index in [2.05, 4.69) is 10.3 Å². The van der Waals surface area contributed by atoms with Crippen LogP contribution < -0.4 is 10.1 Å². The Morgan fingerprint density at radius 3 is 2.36 bits per heavy atom. The Bertz CT molecular complexity index is 851. The van der Waals surface area contributed by atoms with Gasteiger partial charge in [-0.05, 0) is 49.6 Å². The highest BCUT2D eigenvalue weighted by Gasteiger charge is 2.31. The van der Waals surface area contributed by atoms with Gasteiger partial charge in [-0.2, -0.15) is 13.2 Å². The molecule has 3 rings (SSSR count). The molecule has 148 valence electrons. The van der Waals surface area contributed by atoms with Gasteiger partial charge in [0.2, 0.25) is 5.88 Å². The standard InChI is InChI=1S/C19H17F3N2O4/c20-19(21,22)13-4-8-16(23-10-13)28-15-6-2-11(3-7-15)17(25)24-14-5-1-12(9-14)18(26)27/h2-4,6-8,10,12,14H,1,5,9H2,(H,24,25)(H,26,27)/t12-,14+/m0/s1. The number of amides is 1. The summed E-state index contributed by atoms with van der Waals surface area (Å²) in [5, 5.41) is 11.8. The third kappa shape index (κ3) is 4.79. The van der Waals surface area contributed by atoms with Crippen LogP contribution in [-0.4, -0.2) is 28.0 Å². The molecule has 1 amide bonds. The Morgan fingerprint density at radius 2 is 1.82 bits per heavy atom. The molecule has 0 radical (unpaired) electrons. The van der Waals surface area contributed by atoms with E-state index in [-0.39, 0.29) is 17.8 Å². The van der Waals surface area contributed by atoms with Crippen LogP contribution in [0.25, 0.3) is 0 Å². The van der Waals surface area contributed by atoms with E-state index in [4.69, 9.17) is 9.84 Å². The summed E-state index contributed by atoms with van der Waals surface area (Å²) < 4.78 is 43.0. The van der Waals surface area contributed by atoms with Crippen LogP contribution in [0, 0.1) is 5.92 Å². The summed E-state index contributed by atoms with van der Waals surface area (Å²) >= 11 is 0. The highest BCUT2D eigenvalue weighted by Crippen LogP contribution is 2.30. The lowest BCUT2D eigenvalue weighted by molar-refractivity contribution is -0.141. The predicted molar refractivity (Wildman–Crippen MR) is 92.0 cm³/mol. The minimum atomic E-state index is -4.47. The molecule has 1 fully saturated rings. The Balaban J connectivity index is 1.57. The summed E-state index contributed by atoms with van der Waals surface area (Å²) in [5.74, 6) is -1.30. The Morgan fingerprint density at radius 1 is 1.11 bits per heavy atom. The van der Waals surface area contributed by atoms with E-state index in [9.17, 15) is 22.8 Å². The minimum Gasteiger partial charge on any atom is -0.481 e. The first-order valence-electron chi connectivity index (χ1n) is 8.57. The zero-order chi connectivity index (χ0) is 20.3. The third-order valence-corrected chi connectivity index (χ3v) is 4.52. The molecule has 0 bridgehead atoms. The number of nitrogens with zero attached hydrogens (tertiary/aromatic N) is 1. The van der Waals surface area contributed by atoms with Crippen LogP contribution in [0.1, 0.15) is 35.2 Å². The van der Waals surface area contributed by atoms with Gasteiger partial charge in [-0.3, -0.25) is 9.59 Å². The lowest BCUT2D eigenvalue weighted by atomic mass is 10.1. The molecule has 0 spiro atoms. The first-order chi connectivity index (χ1) is 13.2. The minimum absolute atomic E-state index is 0.00382. The number of ether oxygens (including phenoxy) is 1. The lowest BCUT2D eigenvalue weighted by Crippen LogP contribution is -2.33. The van der Waals surface area contributed by atoms with Gasteiger partial charge in [-0.15, -0.1) is 0 Å². The first kappa shape index (κ1) is 19.7. The number of nitrogens with one attached hydrogen (secondary N) is 1. The molecular weight excluding hydrogens is 377 g/mol. The molecule has 2 atom stereocenters. The molecule has 9 heteroatoms. The van der Waals surface area contributed by atoms with Gasteiger partial charge in [0.05, 0.1) is 11.5 Å². The molecule has 1 aliphatic carbocycles. The molecule has 2 N–H and O–H groups in total. The molecule has 0 unspecified atom stereocenters. The molecule has 0 saturated heterocycles. The number of carbonyl (C=O) groups is 2. The van der Waals surface area contributed by atoms with Crippen molar-refractivity contribution in [3.05, 3.63) is 53.7 Å². The molecule has 1 aliphatic rings. The number of benzene rings is 1. The summed E-state index contributed by atoms with van der Waals surface area (Å²) in [7, 11) is 0. The smallest absolute Gasteiger partial charge is 0.417 e. The summed E-state index contributed by atoms with van der Waals surface area (Å²) in [6.07, 6.45) is -2.23. The first-order valence-corrected chi connectivity index (χ1v) is 8.57. The second kappa shape index (κ2) is 7.87. The lowest BCUT2D eigenvalue weighted by Gasteiger charge is -2.13. The van der Waals surface area contributed by atoms with Crippen LogP contribution >= 0.6 is 0 Å². The molecule has 1 aromatic carbocycles. The van der Waals surface area contributed by atoms with Gasteiger partial charge < -0.3 is 15.2 Å². The zero-order valence-electron chi connectivity index (χ0n) is 14.6. The quantitative estimate of drug-likeness (QED) is 0.804. The molecular formula is C19H17F3N2O4. The number of carboxylic acids is 1. The molecule has 6 nitrogen and oxygen atoms in total. The second-order valence-corrected chi connectivity index (χ2v) is 6.53. The van der Waals surface area contributed by atoms with Crippen LogP contribution in [0.4, 0.5) is 13.2 Å². The average Bonchev–Trinajstić information content (AvgIpc) is 3.11. The Hall–Kier alpha value is -3.10. The van der Waals surface area contributed by atoms with Crippen molar-refractivity contribution in [3.8, 4) is 11.6 Å². The molecule has 1 aromatic heterocycles. The van der Waals surface area contributed by atoms with E-state index >= 15 is 0 Å². The van der Waals surface area contributed by atoms with Crippen molar-refractivity contribution in [1.29, 1.82) is 0 Å². The fourth-order valence-electron chi connectivity index (χ4n) is 3.01. The topological polar surface area (TPSA) is 88.5 Å². The van der Waals surface area contributed by atoms with Crippen LogP contribution in [0.2, 0.25) is 0 Å². The number of hydrogen-bond acceptors (Lipinski definition) is 4. The highest BCUT2D eigenvalue weighted by atomic mass is 19.4. The largest absolute Gasteiger partial charge is 0.481 e. The van der Waals surface area contributed by atoms with E-state index in [1.54, 1.807) is 0 Å². The fourth-order valence-corrected chi connectivity index (χ4v) is 3.01. The van der Waals surface area contributed by atoms with E-state index in [1.807, 2.05) is 0 Å². The summed E-state index contributed by atoms with van der Waals surface area (Å²) in [6.45, 7) is 0. The van der Waals surface area contributed by atoms with Gasteiger partial charge >= 0.3 is 12.1 Å². The predicted octanol–water partition coefficient (Wildman–Crippen LogP) is 3.88. The van der Waals surface area contributed by atoms with Gasteiger partial charge in [-0.1, -0.05) is 0 Å². The van der Waals surface area contributed by atoms with Crippen molar-refractivity contribution in [2.75, 3.05) is 0 Å². The monoisotopic (exact) mass is 394 g/mol. The SMILES string of the molecule is O=C(N[C@@H]1CC[C@H](C(=O)O)C1)c1ccc(Oc2ccc(C(F)(F)F)cn2)cc1. The maximum absolute atomic E-state index is 12.5. The molecule has 1 saturated carbocycles. The average molecular weight is 394 g/mol. The number of alkyl halides is 3. The second-order valence-electron chi connectivity index (χ2n) is 6.53. The number of rotatable bonds is 5. The number of aliphatic carboxylic acids is 1. The van der Waals surface area contributed by atoms with Crippen LogP contribution in [0.3, 0.4) is 0 Å². The van der Waals surface area contributed by atoms with Crippen LogP contribution in [0.5, 0.6) is 11.6 Å². The van der Waals surface area contributed by atoms with E-state index in [0.29, 0.717) is 36.8 Å². The summed E-state index contributed by atoms with van der Waals surface area (Å²) in [6, 6.07) is 7.84. The molecule has 0 aliphatic heterocycles. The van der Waals surface area contributed by atoms with Crippen molar-refractivity contribution in [2.45, 2.75) is 31.5 Å². The van der Waals surface area contributed by atoms with E-state index < -0.39 is 23.6 Å². The normalized spacial score (nSPS) is 19.2. The number of hydrogen-bond donors (Lipinski definition) is 2. The van der Waals surface area contributed by atoms with E-state index in [1.165, 1.54) is 24.3 Å². The summed E-state index contributed by atoms with van der Waals surface area (Å²) in [5.41, 5.74) is -0.504. The van der Waals surface area contributed by atoms with Crippen molar-refractivity contribution in [3.63, 3.8) is 0 Å². The van der Waals surface area contributed by atoms with Gasteiger partial charge in [0.15, 0.2) is 0 Å². The molecule has 1 heterocycles. The number of carboxylic acid groups (broad SMARTS) is 1. The molecule has 28 heavy (non-hydrogen) atoms. The van der Waals surface area contributed by atoms with Crippen LogP contribution in [-0.2, 0) is 11.0 Å². The Labute approximate surface area is 158 Å². The maximum atomic E-state index is 12.5.